The predicted molar refractivity (Wildman–Crippen MR) is 348 cm³/mol. The fourth-order valence-corrected chi connectivity index (χ4v) is 9.87. The Kier molecular flexibility index (Phi) is 65.2. The van der Waals surface area contributed by atoms with Gasteiger partial charge in [-0.05, 0) is 122 Å². The van der Waals surface area contributed by atoms with Gasteiger partial charge in [-0.2, -0.15) is 0 Å². The van der Waals surface area contributed by atoms with E-state index >= 15 is 0 Å². The molecule has 0 saturated heterocycles. The second kappa shape index (κ2) is 68.1. The number of hydrogen-bond donors (Lipinski definition) is 0. The predicted octanol–water partition coefficient (Wildman–Crippen LogP) is 23.8. The number of allylic oxidation sites excluding steroid dienone is 14. The Labute approximate surface area is 496 Å². The molecular formula is C74H130O6. The van der Waals surface area contributed by atoms with Crippen molar-refractivity contribution in [3.63, 3.8) is 0 Å². The Hall–Kier alpha value is -3.41. The lowest BCUT2D eigenvalue weighted by molar-refractivity contribution is -0.167. The van der Waals surface area contributed by atoms with Crippen LogP contribution in [0.1, 0.15) is 348 Å². The maximum atomic E-state index is 13.0. The summed E-state index contributed by atoms with van der Waals surface area (Å²) in [5, 5.41) is 0. The van der Waals surface area contributed by atoms with E-state index in [1.807, 2.05) is 0 Å². The lowest BCUT2D eigenvalue weighted by Gasteiger charge is -2.18. The van der Waals surface area contributed by atoms with Crippen LogP contribution in [-0.2, 0) is 28.6 Å². The van der Waals surface area contributed by atoms with Gasteiger partial charge in [0, 0.05) is 19.3 Å². The number of carbonyl (C=O) groups is 3. The zero-order valence-corrected chi connectivity index (χ0v) is 53.1. The topological polar surface area (TPSA) is 78.9 Å². The molecule has 0 fully saturated rings. The van der Waals surface area contributed by atoms with Crippen LogP contribution in [0.4, 0.5) is 0 Å². The molecule has 462 valence electrons. The molecular weight excluding hydrogens is 985 g/mol. The van der Waals surface area contributed by atoms with Crippen molar-refractivity contribution in [2.75, 3.05) is 13.2 Å². The van der Waals surface area contributed by atoms with Crippen LogP contribution in [0.3, 0.4) is 0 Å². The first-order valence-corrected chi connectivity index (χ1v) is 34.6. The van der Waals surface area contributed by atoms with Crippen molar-refractivity contribution >= 4 is 17.9 Å². The molecule has 0 N–H and O–H groups in total. The van der Waals surface area contributed by atoms with Crippen LogP contribution >= 0.6 is 0 Å². The van der Waals surface area contributed by atoms with Gasteiger partial charge < -0.3 is 14.2 Å². The van der Waals surface area contributed by atoms with Crippen molar-refractivity contribution in [3.8, 4) is 0 Å². The molecule has 6 nitrogen and oxygen atoms in total. The first-order valence-electron chi connectivity index (χ1n) is 34.6. The molecule has 80 heavy (non-hydrogen) atoms. The smallest absolute Gasteiger partial charge is 0.306 e. The van der Waals surface area contributed by atoms with Crippen molar-refractivity contribution in [1.29, 1.82) is 0 Å². The standard InChI is InChI=1S/C74H130O6/c1-4-7-10-13-16-19-22-25-28-31-33-35-37-39-41-43-46-49-52-55-58-61-64-67-73(76)79-70-71(69-78-72(75)66-63-60-57-54-51-48-45-30-27-24-21-18-15-12-9-6-3)80-74(77)68-65-62-59-56-53-50-47-44-42-40-38-36-34-32-29-26-23-20-17-14-11-8-5-2/h21-26,30-34,37,39,45,71H,4-20,27-29,35-36,38,40-44,46-70H2,1-3H3/b24-21-,25-22-,26-23-,33-31-,34-32-,39-37-,45-30-. The van der Waals surface area contributed by atoms with Crippen LogP contribution in [0.25, 0.3) is 0 Å². The van der Waals surface area contributed by atoms with E-state index in [0.717, 1.165) is 103 Å². The van der Waals surface area contributed by atoms with E-state index in [0.29, 0.717) is 19.3 Å². The van der Waals surface area contributed by atoms with Crippen molar-refractivity contribution in [1.82, 2.24) is 0 Å². The minimum absolute atomic E-state index is 0.0846. The van der Waals surface area contributed by atoms with Crippen LogP contribution in [0.2, 0.25) is 0 Å². The van der Waals surface area contributed by atoms with Crippen LogP contribution < -0.4 is 0 Å². The molecule has 0 aliphatic carbocycles. The van der Waals surface area contributed by atoms with E-state index in [2.05, 4.69) is 106 Å². The van der Waals surface area contributed by atoms with E-state index < -0.39 is 6.10 Å². The highest BCUT2D eigenvalue weighted by Crippen LogP contribution is 2.16. The molecule has 0 amide bonds. The third-order valence-electron chi connectivity index (χ3n) is 15.1. The van der Waals surface area contributed by atoms with E-state index in [9.17, 15) is 14.4 Å². The van der Waals surface area contributed by atoms with Crippen molar-refractivity contribution in [2.24, 2.45) is 0 Å². The van der Waals surface area contributed by atoms with Gasteiger partial charge in [-0.3, -0.25) is 14.4 Å². The maximum absolute atomic E-state index is 13.0. The maximum Gasteiger partial charge on any atom is 0.306 e. The fourth-order valence-electron chi connectivity index (χ4n) is 9.87. The Morgan fingerprint density at radius 2 is 0.450 bits per heavy atom. The van der Waals surface area contributed by atoms with Gasteiger partial charge in [0.05, 0.1) is 0 Å². The third-order valence-corrected chi connectivity index (χ3v) is 15.1. The second-order valence-corrected chi connectivity index (χ2v) is 23.1. The first kappa shape index (κ1) is 76.6. The zero-order chi connectivity index (χ0) is 57.8. The third kappa shape index (κ3) is 65.4. The summed E-state index contributed by atoms with van der Waals surface area (Å²) in [6, 6.07) is 0. The van der Waals surface area contributed by atoms with Crippen molar-refractivity contribution in [2.45, 2.75) is 354 Å². The Morgan fingerprint density at radius 3 is 0.713 bits per heavy atom. The lowest BCUT2D eigenvalue weighted by Crippen LogP contribution is -2.30. The molecule has 1 atom stereocenters. The Morgan fingerprint density at radius 1 is 0.250 bits per heavy atom. The fraction of sp³-hybridized carbons (Fsp3) is 0.770. The molecule has 0 spiro atoms. The molecule has 0 aliphatic rings. The first-order chi connectivity index (χ1) is 39.5. The summed E-state index contributed by atoms with van der Waals surface area (Å²) in [7, 11) is 0. The summed E-state index contributed by atoms with van der Waals surface area (Å²) in [6.07, 6.45) is 90.2. The molecule has 0 rings (SSSR count). The molecule has 6 heteroatoms. The van der Waals surface area contributed by atoms with Gasteiger partial charge in [0.2, 0.25) is 0 Å². The summed E-state index contributed by atoms with van der Waals surface area (Å²) in [5.74, 6) is -0.891. The Balaban J connectivity index is 4.38. The normalized spacial score (nSPS) is 12.6. The zero-order valence-electron chi connectivity index (χ0n) is 53.1. The van der Waals surface area contributed by atoms with Crippen LogP contribution in [-0.4, -0.2) is 37.2 Å². The molecule has 0 saturated carbocycles. The number of hydrogen-bond acceptors (Lipinski definition) is 6. The SMILES string of the molecule is CCCCCC/C=C\C/C=C\CCCCCCCC(=O)OCC(COC(=O)CCCCCCCCCC/C=C\C/C=C\C/C=C\CCCCCCC)OC(=O)CCCCCCCCCCCCC/C=C\C/C=C\CCCCCCC. The van der Waals surface area contributed by atoms with Gasteiger partial charge in [-0.15, -0.1) is 0 Å². The summed E-state index contributed by atoms with van der Waals surface area (Å²) < 4.78 is 17.0. The molecule has 0 aromatic carbocycles. The number of ether oxygens (including phenoxy) is 3. The molecule has 0 aromatic heterocycles. The van der Waals surface area contributed by atoms with Crippen molar-refractivity contribution < 1.29 is 28.6 Å². The summed E-state index contributed by atoms with van der Waals surface area (Å²) in [6.45, 7) is 6.62. The summed E-state index contributed by atoms with van der Waals surface area (Å²) in [4.78, 5) is 38.4. The molecule has 0 heterocycles. The number of esters is 3. The monoisotopic (exact) mass is 1110 g/mol. The van der Waals surface area contributed by atoms with E-state index in [4.69, 9.17) is 14.2 Å². The van der Waals surface area contributed by atoms with Crippen molar-refractivity contribution in [3.05, 3.63) is 85.1 Å². The van der Waals surface area contributed by atoms with Crippen LogP contribution in [0.5, 0.6) is 0 Å². The molecule has 0 radical (unpaired) electrons. The second-order valence-electron chi connectivity index (χ2n) is 23.1. The van der Waals surface area contributed by atoms with Gasteiger partial charge in [0.1, 0.15) is 13.2 Å². The number of rotatable bonds is 63. The lowest BCUT2D eigenvalue weighted by atomic mass is 10.0. The van der Waals surface area contributed by atoms with E-state index in [1.54, 1.807) is 0 Å². The molecule has 0 bridgehead atoms. The van der Waals surface area contributed by atoms with Gasteiger partial charge in [0.25, 0.3) is 0 Å². The van der Waals surface area contributed by atoms with E-state index in [1.165, 1.54) is 205 Å². The molecule has 1 unspecified atom stereocenters. The highest BCUT2D eigenvalue weighted by atomic mass is 16.6. The largest absolute Gasteiger partial charge is 0.462 e. The van der Waals surface area contributed by atoms with Gasteiger partial charge >= 0.3 is 17.9 Å². The van der Waals surface area contributed by atoms with Crippen LogP contribution in [0, 0.1) is 0 Å². The van der Waals surface area contributed by atoms with E-state index in [-0.39, 0.29) is 31.1 Å². The highest BCUT2D eigenvalue weighted by Gasteiger charge is 2.19. The highest BCUT2D eigenvalue weighted by molar-refractivity contribution is 5.71. The summed E-state index contributed by atoms with van der Waals surface area (Å²) in [5.41, 5.74) is 0. The van der Waals surface area contributed by atoms with Gasteiger partial charge in [0.15, 0.2) is 6.10 Å². The molecule has 0 aliphatic heterocycles. The van der Waals surface area contributed by atoms with Crippen LogP contribution in [0.15, 0.2) is 85.1 Å². The quantitative estimate of drug-likeness (QED) is 0.0261. The summed E-state index contributed by atoms with van der Waals surface area (Å²) >= 11 is 0. The van der Waals surface area contributed by atoms with Gasteiger partial charge in [-0.1, -0.05) is 292 Å². The average molecular weight is 1120 g/mol. The number of carbonyl (C=O) groups excluding carboxylic acids is 3. The Bertz CT molecular complexity index is 1520. The molecule has 0 aromatic rings. The van der Waals surface area contributed by atoms with Gasteiger partial charge in [-0.25, -0.2) is 0 Å². The minimum atomic E-state index is -0.789. The minimum Gasteiger partial charge on any atom is -0.462 e. The number of unbranched alkanes of at least 4 members (excludes halogenated alkanes) is 38. The average Bonchev–Trinajstić information content (AvgIpc) is 3.46.